The van der Waals surface area contributed by atoms with Crippen LogP contribution in [0.1, 0.15) is 23.2 Å². The summed E-state index contributed by atoms with van der Waals surface area (Å²) in [5, 5.41) is 0.696. The third-order valence-corrected chi connectivity index (χ3v) is 5.29. The van der Waals surface area contributed by atoms with Gasteiger partial charge in [-0.15, -0.1) is 12.4 Å². The number of para-hydroxylation sites is 1. The van der Waals surface area contributed by atoms with E-state index in [9.17, 15) is 4.79 Å². The van der Waals surface area contributed by atoms with Gasteiger partial charge in [-0.1, -0.05) is 54.1 Å². The maximum atomic E-state index is 12.6. The van der Waals surface area contributed by atoms with E-state index in [0.29, 0.717) is 10.6 Å². The molecule has 150 valence electrons. The summed E-state index contributed by atoms with van der Waals surface area (Å²) in [7, 11) is 0. The van der Waals surface area contributed by atoms with E-state index in [4.69, 9.17) is 16.3 Å². The van der Waals surface area contributed by atoms with Gasteiger partial charge < -0.3 is 9.64 Å². The molecule has 29 heavy (non-hydrogen) atoms. The highest BCUT2D eigenvalue weighted by Crippen LogP contribution is 2.24. The van der Waals surface area contributed by atoms with Crippen molar-refractivity contribution in [3.8, 4) is 11.1 Å². The smallest absolute Gasteiger partial charge is 0.338 e. The Morgan fingerprint density at radius 3 is 2.41 bits per heavy atom. The van der Waals surface area contributed by atoms with Crippen molar-refractivity contribution in [3.63, 3.8) is 0 Å². The maximum Gasteiger partial charge on any atom is 0.338 e. The molecule has 0 saturated carbocycles. The minimum absolute atomic E-state index is 0. The molecular weight excluding hydrogens is 405 g/mol. The van der Waals surface area contributed by atoms with Crippen molar-refractivity contribution in [2.45, 2.75) is 18.9 Å². The fourth-order valence-corrected chi connectivity index (χ4v) is 3.78. The van der Waals surface area contributed by atoms with Crippen LogP contribution < -0.4 is 4.90 Å². The van der Waals surface area contributed by atoms with Gasteiger partial charge in [0.05, 0.1) is 12.1 Å². The van der Waals surface area contributed by atoms with E-state index in [1.807, 2.05) is 66.7 Å². The van der Waals surface area contributed by atoms with Crippen LogP contribution in [-0.4, -0.2) is 25.2 Å². The molecule has 0 N–H and O–H groups in total. The number of benzene rings is 3. The Balaban J connectivity index is 0.00000240. The van der Waals surface area contributed by atoms with Crippen molar-refractivity contribution in [1.29, 1.82) is 0 Å². The average Bonchev–Trinajstić information content (AvgIpc) is 2.75. The number of carbonyl (C=O) groups is 1. The summed E-state index contributed by atoms with van der Waals surface area (Å²) in [6, 6.07) is 25.4. The molecule has 0 amide bonds. The Morgan fingerprint density at radius 2 is 1.69 bits per heavy atom. The molecule has 3 aromatic rings. The molecule has 0 radical (unpaired) electrons. The highest BCUT2D eigenvalue weighted by atomic mass is 35.5. The minimum atomic E-state index is -0.266. The lowest BCUT2D eigenvalue weighted by atomic mass is 10.0. The molecule has 5 heteroatoms. The van der Waals surface area contributed by atoms with Crippen LogP contribution in [-0.2, 0) is 4.74 Å². The van der Waals surface area contributed by atoms with Gasteiger partial charge in [-0.25, -0.2) is 4.79 Å². The molecule has 0 aromatic heterocycles. The first-order valence-electron chi connectivity index (χ1n) is 9.56. The molecule has 1 fully saturated rings. The summed E-state index contributed by atoms with van der Waals surface area (Å²) < 4.78 is 5.79. The molecule has 1 aliphatic heterocycles. The topological polar surface area (TPSA) is 29.5 Å². The number of halogens is 2. The van der Waals surface area contributed by atoms with E-state index in [1.165, 1.54) is 5.69 Å². The first kappa shape index (κ1) is 21.2. The van der Waals surface area contributed by atoms with Gasteiger partial charge in [0, 0.05) is 17.3 Å². The van der Waals surface area contributed by atoms with E-state index in [0.717, 1.165) is 37.1 Å². The third-order valence-electron chi connectivity index (χ3n) is 5.05. The van der Waals surface area contributed by atoms with E-state index in [-0.39, 0.29) is 24.5 Å². The van der Waals surface area contributed by atoms with Crippen LogP contribution in [0.2, 0.25) is 5.02 Å². The molecule has 3 nitrogen and oxygen atoms in total. The van der Waals surface area contributed by atoms with Crippen LogP contribution in [0.15, 0.2) is 78.9 Å². The summed E-state index contributed by atoms with van der Waals surface area (Å²) in [6.07, 6.45) is 1.82. The number of hydrogen-bond donors (Lipinski definition) is 0. The quantitative estimate of drug-likeness (QED) is 0.460. The van der Waals surface area contributed by atoms with Gasteiger partial charge in [-0.2, -0.15) is 0 Å². The normalized spacial score (nSPS) is 16.0. The number of anilines is 1. The SMILES string of the molecule is Cl.O=C(OC1CCCN(c2ccccc2)C1)c1ccc(-c2cccc(Cl)c2)cc1. The number of rotatable bonds is 4. The molecule has 1 atom stereocenters. The van der Waals surface area contributed by atoms with Gasteiger partial charge in [0.15, 0.2) is 0 Å². The predicted molar refractivity (Wildman–Crippen MR) is 121 cm³/mol. The van der Waals surface area contributed by atoms with E-state index >= 15 is 0 Å². The minimum Gasteiger partial charge on any atom is -0.457 e. The maximum absolute atomic E-state index is 12.6. The zero-order valence-electron chi connectivity index (χ0n) is 16.0. The Morgan fingerprint density at radius 1 is 0.931 bits per heavy atom. The Kier molecular flexibility index (Phi) is 7.18. The van der Waals surface area contributed by atoms with Crippen LogP contribution in [0.5, 0.6) is 0 Å². The number of esters is 1. The van der Waals surface area contributed by atoms with Crippen molar-refractivity contribution in [2.75, 3.05) is 18.0 Å². The molecule has 0 bridgehead atoms. The van der Waals surface area contributed by atoms with Gasteiger partial charge in [-0.3, -0.25) is 0 Å². The fraction of sp³-hybridized carbons (Fsp3) is 0.208. The summed E-state index contributed by atoms with van der Waals surface area (Å²) in [5.74, 6) is -0.266. The first-order chi connectivity index (χ1) is 13.7. The summed E-state index contributed by atoms with van der Waals surface area (Å²) in [5.41, 5.74) is 3.79. The zero-order chi connectivity index (χ0) is 19.3. The largest absolute Gasteiger partial charge is 0.457 e. The number of nitrogens with zero attached hydrogens (tertiary/aromatic N) is 1. The molecule has 1 aliphatic rings. The van der Waals surface area contributed by atoms with Crippen molar-refractivity contribution in [2.24, 2.45) is 0 Å². The van der Waals surface area contributed by atoms with Crippen molar-refractivity contribution < 1.29 is 9.53 Å². The lowest BCUT2D eigenvalue weighted by molar-refractivity contribution is 0.0270. The molecule has 0 aliphatic carbocycles. The molecule has 1 unspecified atom stereocenters. The van der Waals surface area contributed by atoms with Crippen molar-refractivity contribution in [1.82, 2.24) is 0 Å². The second-order valence-corrected chi connectivity index (χ2v) is 7.48. The van der Waals surface area contributed by atoms with Gasteiger partial charge in [-0.05, 0) is 60.4 Å². The Hall–Kier alpha value is -2.49. The van der Waals surface area contributed by atoms with Gasteiger partial charge in [0.25, 0.3) is 0 Å². The first-order valence-corrected chi connectivity index (χ1v) is 9.94. The molecule has 1 heterocycles. The Bertz CT molecular complexity index is 945. The van der Waals surface area contributed by atoms with Crippen molar-refractivity contribution >= 4 is 35.7 Å². The van der Waals surface area contributed by atoms with Gasteiger partial charge >= 0.3 is 5.97 Å². The van der Waals surface area contributed by atoms with Gasteiger partial charge in [0.2, 0.25) is 0 Å². The molecule has 1 saturated heterocycles. The lowest BCUT2D eigenvalue weighted by Crippen LogP contribution is -2.40. The monoisotopic (exact) mass is 427 g/mol. The number of hydrogen-bond acceptors (Lipinski definition) is 3. The standard InChI is InChI=1S/C24H22ClNO2.ClH/c25-21-7-4-6-20(16-21)18-11-13-19(14-12-18)24(27)28-23-10-5-15-26(17-23)22-8-2-1-3-9-22;/h1-4,6-9,11-14,16,23H,5,10,15,17H2;1H. The zero-order valence-corrected chi connectivity index (χ0v) is 17.5. The molecular formula is C24H23Cl2NO2. The van der Waals surface area contributed by atoms with Crippen LogP contribution in [0, 0.1) is 0 Å². The number of ether oxygens (including phenoxy) is 1. The van der Waals surface area contributed by atoms with Crippen LogP contribution >= 0.6 is 24.0 Å². The van der Waals surface area contributed by atoms with E-state index in [2.05, 4.69) is 17.0 Å². The van der Waals surface area contributed by atoms with Crippen LogP contribution in [0.4, 0.5) is 5.69 Å². The van der Waals surface area contributed by atoms with E-state index < -0.39 is 0 Å². The highest BCUT2D eigenvalue weighted by molar-refractivity contribution is 6.30. The average molecular weight is 428 g/mol. The number of piperidine rings is 1. The van der Waals surface area contributed by atoms with Crippen LogP contribution in [0.3, 0.4) is 0 Å². The second-order valence-electron chi connectivity index (χ2n) is 7.04. The molecule has 0 spiro atoms. The van der Waals surface area contributed by atoms with Gasteiger partial charge in [0.1, 0.15) is 6.10 Å². The molecule has 3 aromatic carbocycles. The van der Waals surface area contributed by atoms with Crippen LogP contribution in [0.25, 0.3) is 11.1 Å². The highest BCUT2D eigenvalue weighted by Gasteiger charge is 2.23. The fourth-order valence-electron chi connectivity index (χ4n) is 3.59. The lowest BCUT2D eigenvalue weighted by Gasteiger charge is -2.34. The predicted octanol–water partition coefficient (Wildman–Crippen LogP) is 6.25. The third kappa shape index (κ3) is 5.31. The molecule has 4 rings (SSSR count). The Labute approximate surface area is 182 Å². The van der Waals surface area contributed by atoms with E-state index in [1.54, 1.807) is 0 Å². The summed E-state index contributed by atoms with van der Waals surface area (Å²) >= 11 is 6.06. The van der Waals surface area contributed by atoms with Crippen molar-refractivity contribution in [3.05, 3.63) is 89.4 Å². The number of carbonyl (C=O) groups excluding carboxylic acids is 1. The second kappa shape index (κ2) is 9.82. The summed E-state index contributed by atoms with van der Waals surface area (Å²) in [4.78, 5) is 14.9. The summed E-state index contributed by atoms with van der Waals surface area (Å²) in [6.45, 7) is 1.72.